The van der Waals surface area contributed by atoms with Gasteiger partial charge in [0.1, 0.15) is 0 Å². The summed E-state index contributed by atoms with van der Waals surface area (Å²) in [4.78, 5) is 0. The summed E-state index contributed by atoms with van der Waals surface area (Å²) in [6.45, 7) is 4.72. The Kier molecular flexibility index (Phi) is 3.49. The first-order valence-electron chi connectivity index (χ1n) is 6.22. The Morgan fingerprint density at radius 3 is 2.13 bits per heavy atom. The summed E-state index contributed by atoms with van der Waals surface area (Å²) in [5.41, 5.74) is 0. The fraction of sp³-hybridized carbons (Fsp3) is 0.917. The summed E-state index contributed by atoms with van der Waals surface area (Å²) in [5.74, 6) is 1.72. The van der Waals surface area contributed by atoms with Crippen molar-refractivity contribution in [3.8, 4) is 0 Å². The van der Waals surface area contributed by atoms with E-state index in [1.807, 2.05) is 0 Å². The second-order valence-corrected chi connectivity index (χ2v) is 5.76. The summed E-state index contributed by atoms with van der Waals surface area (Å²) in [6, 6.07) is 1.28. The monoisotopic (exact) mass is 226 g/mol. The molecule has 2 rings (SSSR count). The molecule has 0 aromatic heterocycles. The number of nitrogens with one attached hydrogen (secondary N) is 2. The molecule has 0 aromatic rings. The minimum atomic E-state index is 0.606. The fourth-order valence-corrected chi connectivity index (χ4v) is 2.65. The first-order valence-corrected chi connectivity index (χ1v) is 6.63. The molecule has 2 saturated carbocycles. The predicted octanol–water partition coefficient (Wildman–Crippen LogP) is 2.44. The molecule has 0 amide bonds. The van der Waals surface area contributed by atoms with Crippen LogP contribution < -0.4 is 10.6 Å². The fourth-order valence-electron chi connectivity index (χ4n) is 2.32. The van der Waals surface area contributed by atoms with Crippen LogP contribution in [0, 0.1) is 11.8 Å². The molecule has 2 aliphatic carbocycles. The van der Waals surface area contributed by atoms with Crippen molar-refractivity contribution in [3.05, 3.63) is 0 Å². The molecule has 0 aromatic carbocycles. The maximum Gasteiger partial charge on any atom is 0.166 e. The third kappa shape index (κ3) is 3.33. The van der Waals surface area contributed by atoms with Crippen molar-refractivity contribution in [2.45, 2.75) is 58.0 Å². The summed E-state index contributed by atoms with van der Waals surface area (Å²) in [7, 11) is 0. The Morgan fingerprint density at radius 1 is 0.933 bits per heavy atom. The van der Waals surface area contributed by atoms with E-state index in [0.29, 0.717) is 12.1 Å². The molecular formula is C12H22N2S. The third-order valence-corrected chi connectivity index (χ3v) is 4.08. The van der Waals surface area contributed by atoms with E-state index in [2.05, 4.69) is 24.5 Å². The van der Waals surface area contributed by atoms with Gasteiger partial charge in [-0.25, -0.2) is 0 Å². The van der Waals surface area contributed by atoms with Gasteiger partial charge in [0.05, 0.1) is 0 Å². The Balaban J connectivity index is 1.71. The average Bonchev–Trinajstić information content (AvgIpc) is 2.95. The molecule has 0 saturated heterocycles. The maximum atomic E-state index is 5.30. The van der Waals surface area contributed by atoms with E-state index in [0.717, 1.165) is 16.9 Å². The zero-order valence-electron chi connectivity index (χ0n) is 9.75. The van der Waals surface area contributed by atoms with Gasteiger partial charge in [-0.05, 0) is 56.2 Å². The normalized spacial score (nSPS) is 36.0. The largest absolute Gasteiger partial charge is 0.360 e. The molecule has 15 heavy (non-hydrogen) atoms. The molecule has 2 fully saturated rings. The molecule has 2 aliphatic rings. The molecule has 3 atom stereocenters. The van der Waals surface area contributed by atoms with E-state index in [1.165, 1.54) is 32.1 Å². The van der Waals surface area contributed by atoms with Crippen LogP contribution in [0.3, 0.4) is 0 Å². The molecular weight excluding hydrogens is 204 g/mol. The number of hydrogen-bond acceptors (Lipinski definition) is 1. The average molecular weight is 226 g/mol. The lowest BCUT2D eigenvalue weighted by molar-refractivity contribution is 0.240. The molecule has 2 nitrogen and oxygen atoms in total. The molecule has 0 heterocycles. The second-order valence-electron chi connectivity index (χ2n) is 5.36. The molecule has 0 bridgehead atoms. The highest BCUT2D eigenvalue weighted by molar-refractivity contribution is 7.80. The minimum Gasteiger partial charge on any atom is -0.360 e. The van der Waals surface area contributed by atoms with Crippen LogP contribution in [0.2, 0.25) is 0 Å². The molecule has 0 radical (unpaired) electrons. The zero-order chi connectivity index (χ0) is 10.8. The third-order valence-electron chi connectivity index (χ3n) is 3.85. The number of rotatable bonds is 2. The maximum absolute atomic E-state index is 5.30. The van der Waals surface area contributed by atoms with Gasteiger partial charge in [-0.2, -0.15) is 0 Å². The van der Waals surface area contributed by atoms with Crippen LogP contribution in [-0.4, -0.2) is 17.2 Å². The second kappa shape index (κ2) is 4.69. The summed E-state index contributed by atoms with van der Waals surface area (Å²) in [5, 5.41) is 7.69. The van der Waals surface area contributed by atoms with Crippen molar-refractivity contribution in [1.29, 1.82) is 0 Å². The molecule has 3 unspecified atom stereocenters. The minimum absolute atomic E-state index is 0.606. The zero-order valence-corrected chi connectivity index (χ0v) is 10.6. The van der Waals surface area contributed by atoms with E-state index in [-0.39, 0.29) is 0 Å². The highest BCUT2D eigenvalue weighted by Gasteiger charge is 2.26. The summed E-state index contributed by atoms with van der Waals surface area (Å²) in [6.07, 6.45) is 6.47. The lowest BCUT2D eigenvalue weighted by Gasteiger charge is -2.33. The van der Waals surface area contributed by atoms with Crippen LogP contribution in [-0.2, 0) is 0 Å². The summed E-state index contributed by atoms with van der Waals surface area (Å²) >= 11 is 5.30. The van der Waals surface area contributed by atoms with Gasteiger partial charge >= 0.3 is 0 Å². The van der Waals surface area contributed by atoms with E-state index in [1.54, 1.807) is 0 Å². The van der Waals surface area contributed by atoms with Crippen LogP contribution in [0.4, 0.5) is 0 Å². The Morgan fingerprint density at radius 2 is 1.53 bits per heavy atom. The lowest BCUT2D eigenvalue weighted by Crippen LogP contribution is -2.45. The van der Waals surface area contributed by atoms with Crippen LogP contribution in [0.1, 0.15) is 46.0 Å². The predicted molar refractivity (Wildman–Crippen MR) is 67.9 cm³/mol. The lowest BCUT2D eigenvalue weighted by atomic mass is 9.79. The van der Waals surface area contributed by atoms with Crippen molar-refractivity contribution < 1.29 is 0 Å². The molecule has 0 aliphatic heterocycles. The van der Waals surface area contributed by atoms with Gasteiger partial charge in [-0.15, -0.1) is 0 Å². The van der Waals surface area contributed by atoms with Crippen molar-refractivity contribution >= 4 is 17.3 Å². The van der Waals surface area contributed by atoms with Crippen LogP contribution in [0.5, 0.6) is 0 Å². The number of thiocarbonyl (C=S) groups is 1. The van der Waals surface area contributed by atoms with Gasteiger partial charge in [-0.1, -0.05) is 13.8 Å². The van der Waals surface area contributed by atoms with E-state index >= 15 is 0 Å². The first-order chi connectivity index (χ1) is 7.15. The highest BCUT2D eigenvalue weighted by atomic mass is 32.1. The topological polar surface area (TPSA) is 24.1 Å². The van der Waals surface area contributed by atoms with Crippen LogP contribution in [0.15, 0.2) is 0 Å². The van der Waals surface area contributed by atoms with Crippen molar-refractivity contribution in [3.63, 3.8) is 0 Å². The van der Waals surface area contributed by atoms with Crippen LogP contribution in [0.25, 0.3) is 0 Å². The quantitative estimate of drug-likeness (QED) is 0.707. The smallest absolute Gasteiger partial charge is 0.166 e. The molecule has 2 N–H and O–H groups in total. The first kappa shape index (κ1) is 11.2. The van der Waals surface area contributed by atoms with Crippen molar-refractivity contribution in [2.75, 3.05) is 0 Å². The van der Waals surface area contributed by atoms with Crippen molar-refractivity contribution in [1.82, 2.24) is 10.6 Å². The van der Waals surface area contributed by atoms with Gasteiger partial charge in [-0.3, -0.25) is 0 Å². The van der Waals surface area contributed by atoms with Crippen LogP contribution >= 0.6 is 12.2 Å². The van der Waals surface area contributed by atoms with Crippen molar-refractivity contribution in [2.24, 2.45) is 11.8 Å². The van der Waals surface area contributed by atoms with Gasteiger partial charge in [0.2, 0.25) is 0 Å². The standard InChI is InChI=1S/C12H22N2S/c1-8-3-4-11(7-9(8)2)14-12(15)13-10-5-6-10/h8-11H,3-7H2,1-2H3,(H2,13,14,15). The van der Waals surface area contributed by atoms with Gasteiger partial charge in [0.25, 0.3) is 0 Å². The number of hydrogen-bond donors (Lipinski definition) is 2. The summed E-state index contributed by atoms with van der Waals surface area (Å²) < 4.78 is 0. The molecule has 0 spiro atoms. The van der Waals surface area contributed by atoms with Gasteiger partial charge < -0.3 is 10.6 Å². The Bertz CT molecular complexity index is 238. The van der Waals surface area contributed by atoms with E-state index in [9.17, 15) is 0 Å². The SMILES string of the molecule is CC1CCC(NC(=S)NC2CC2)CC1C. The Hall–Kier alpha value is -0.310. The molecule has 3 heteroatoms. The Labute approximate surface area is 98.2 Å². The van der Waals surface area contributed by atoms with E-state index in [4.69, 9.17) is 12.2 Å². The van der Waals surface area contributed by atoms with E-state index < -0.39 is 0 Å². The molecule has 86 valence electrons. The highest BCUT2D eigenvalue weighted by Crippen LogP contribution is 2.29. The van der Waals surface area contributed by atoms with Gasteiger partial charge in [0, 0.05) is 12.1 Å². The van der Waals surface area contributed by atoms with Gasteiger partial charge in [0.15, 0.2) is 5.11 Å².